The number of benzene rings is 1. The zero-order valence-corrected chi connectivity index (χ0v) is 13.1. The fourth-order valence-electron chi connectivity index (χ4n) is 3.42. The third-order valence-corrected chi connectivity index (χ3v) is 4.61. The van der Waals surface area contributed by atoms with Crippen molar-refractivity contribution in [2.24, 2.45) is 11.1 Å². The molecule has 2 atom stereocenters. The molecular formula is C18H26N2O. The van der Waals surface area contributed by atoms with Crippen LogP contribution in [0.4, 0.5) is 0 Å². The lowest BCUT2D eigenvalue weighted by Gasteiger charge is -2.40. The van der Waals surface area contributed by atoms with E-state index < -0.39 is 5.41 Å². The molecule has 0 saturated heterocycles. The molecule has 3 heteroatoms. The Morgan fingerprint density at radius 3 is 2.62 bits per heavy atom. The molecule has 0 fully saturated rings. The summed E-state index contributed by atoms with van der Waals surface area (Å²) in [5, 5.41) is 0. The average Bonchev–Trinajstić information content (AvgIpc) is 2.48. The first kappa shape index (κ1) is 15.8. The number of nitrogens with two attached hydrogens (primary N) is 1. The molecule has 114 valence electrons. The summed E-state index contributed by atoms with van der Waals surface area (Å²) < 4.78 is 0. The maximum Gasteiger partial charge on any atom is 0.224 e. The Balaban J connectivity index is 2.27. The van der Waals surface area contributed by atoms with Gasteiger partial charge in [-0.15, -0.1) is 0 Å². The Labute approximate surface area is 127 Å². The highest BCUT2D eigenvalue weighted by molar-refractivity contribution is 5.82. The predicted octanol–water partition coefficient (Wildman–Crippen LogP) is 2.93. The first-order valence-electron chi connectivity index (χ1n) is 7.71. The van der Waals surface area contributed by atoms with E-state index in [4.69, 9.17) is 5.73 Å². The number of nitrogens with zero attached hydrogens (tertiary/aromatic N) is 1. The van der Waals surface area contributed by atoms with Crippen molar-refractivity contribution in [1.82, 2.24) is 4.90 Å². The number of rotatable bonds is 6. The number of hydrogen-bond donors (Lipinski definition) is 1. The van der Waals surface area contributed by atoms with Crippen LogP contribution in [0.1, 0.15) is 37.2 Å². The zero-order chi connectivity index (χ0) is 15.3. The third-order valence-electron chi connectivity index (χ3n) is 4.61. The molecule has 0 heterocycles. The molecule has 1 aromatic rings. The van der Waals surface area contributed by atoms with Crippen LogP contribution in [-0.4, -0.2) is 31.4 Å². The van der Waals surface area contributed by atoms with Gasteiger partial charge in [0, 0.05) is 5.92 Å². The van der Waals surface area contributed by atoms with E-state index in [-0.39, 0.29) is 11.8 Å². The molecule has 1 amide bonds. The van der Waals surface area contributed by atoms with Crippen LogP contribution in [0.15, 0.2) is 42.5 Å². The fourth-order valence-corrected chi connectivity index (χ4v) is 3.42. The number of hydrogen-bond acceptors (Lipinski definition) is 2. The van der Waals surface area contributed by atoms with Crippen molar-refractivity contribution in [2.45, 2.75) is 31.6 Å². The Morgan fingerprint density at radius 1 is 1.29 bits per heavy atom. The maximum absolute atomic E-state index is 12.3. The minimum absolute atomic E-state index is 0.153. The zero-order valence-electron chi connectivity index (χ0n) is 13.1. The van der Waals surface area contributed by atoms with Gasteiger partial charge in [-0.2, -0.15) is 0 Å². The standard InChI is InChI=1S/C18H26N2O/c1-20(2)14-8-13-18(17(19)21)12-7-6-11-16(18)15-9-4-3-5-10-15/h3-7,9-10,16H,8,11-14H2,1-2H3,(H2,19,21). The highest BCUT2D eigenvalue weighted by Gasteiger charge is 2.44. The Bertz CT molecular complexity index is 495. The second-order valence-corrected chi connectivity index (χ2v) is 6.30. The Hall–Kier alpha value is -1.61. The van der Waals surface area contributed by atoms with Crippen molar-refractivity contribution in [3.05, 3.63) is 48.0 Å². The summed E-state index contributed by atoms with van der Waals surface area (Å²) >= 11 is 0. The van der Waals surface area contributed by atoms with Gasteiger partial charge in [0.1, 0.15) is 0 Å². The van der Waals surface area contributed by atoms with Crippen LogP contribution in [0.5, 0.6) is 0 Å². The smallest absolute Gasteiger partial charge is 0.224 e. The van der Waals surface area contributed by atoms with Crippen LogP contribution in [0.2, 0.25) is 0 Å². The minimum atomic E-state index is -0.438. The van der Waals surface area contributed by atoms with E-state index in [1.807, 2.05) is 18.2 Å². The van der Waals surface area contributed by atoms with E-state index >= 15 is 0 Å². The molecule has 0 aromatic heterocycles. The molecule has 0 radical (unpaired) electrons. The number of carbonyl (C=O) groups is 1. The van der Waals surface area contributed by atoms with Crippen molar-refractivity contribution < 1.29 is 4.79 Å². The van der Waals surface area contributed by atoms with Crippen LogP contribution in [-0.2, 0) is 4.79 Å². The highest BCUT2D eigenvalue weighted by atomic mass is 16.1. The number of amides is 1. The van der Waals surface area contributed by atoms with Crippen molar-refractivity contribution >= 4 is 5.91 Å². The molecule has 2 unspecified atom stereocenters. The molecule has 3 nitrogen and oxygen atoms in total. The van der Waals surface area contributed by atoms with E-state index in [9.17, 15) is 4.79 Å². The van der Waals surface area contributed by atoms with Gasteiger partial charge >= 0.3 is 0 Å². The van der Waals surface area contributed by atoms with Gasteiger partial charge in [0.05, 0.1) is 5.41 Å². The fraction of sp³-hybridized carbons (Fsp3) is 0.500. The molecule has 2 N–H and O–H groups in total. The van der Waals surface area contributed by atoms with E-state index in [2.05, 4.69) is 43.3 Å². The predicted molar refractivity (Wildman–Crippen MR) is 87.0 cm³/mol. The summed E-state index contributed by atoms with van der Waals surface area (Å²) in [4.78, 5) is 14.5. The Morgan fingerprint density at radius 2 is 2.00 bits per heavy atom. The van der Waals surface area contributed by atoms with E-state index in [1.165, 1.54) is 5.56 Å². The molecule has 0 saturated carbocycles. The molecule has 0 bridgehead atoms. The number of carbonyl (C=O) groups excluding carboxylic acids is 1. The van der Waals surface area contributed by atoms with Crippen LogP contribution in [0.3, 0.4) is 0 Å². The van der Waals surface area contributed by atoms with Crippen molar-refractivity contribution in [1.29, 1.82) is 0 Å². The first-order valence-corrected chi connectivity index (χ1v) is 7.71. The lowest BCUT2D eigenvalue weighted by molar-refractivity contribution is -0.129. The summed E-state index contributed by atoms with van der Waals surface area (Å²) in [7, 11) is 4.12. The SMILES string of the molecule is CN(C)CCCC1(C(N)=O)CC=CCC1c1ccccc1. The van der Waals surface area contributed by atoms with Crippen LogP contribution < -0.4 is 5.73 Å². The lowest BCUT2D eigenvalue weighted by atomic mass is 9.63. The van der Waals surface area contributed by atoms with E-state index in [0.717, 1.165) is 32.2 Å². The summed E-state index contributed by atoms with van der Waals surface area (Å²) in [6.45, 7) is 0.986. The van der Waals surface area contributed by atoms with Gasteiger partial charge in [-0.3, -0.25) is 4.79 Å². The van der Waals surface area contributed by atoms with E-state index in [1.54, 1.807) is 0 Å². The van der Waals surface area contributed by atoms with Crippen LogP contribution >= 0.6 is 0 Å². The topological polar surface area (TPSA) is 46.3 Å². The van der Waals surface area contributed by atoms with Crippen LogP contribution in [0, 0.1) is 5.41 Å². The molecule has 1 aliphatic rings. The van der Waals surface area contributed by atoms with Crippen molar-refractivity contribution in [3.63, 3.8) is 0 Å². The molecule has 1 aromatic carbocycles. The van der Waals surface area contributed by atoms with Gasteiger partial charge in [-0.1, -0.05) is 42.5 Å². The van der Waals surface area contributed by atoms with Gasteiger partial charge in [-0.25, -0.2) is 0 Å². The first-order chi connectivity index (χ1) is 10.1. The molecule has 2 rings (SSSR count). The van der Waals surface area contributed by atoms with Gasteiger partial charge in [0.15, 0.2) is 0 Å². The molecule has 0 aliphatic heterocycles. The van der Waals surface area contributed by atoms with Gasteiger partial charge in [0.25, 0.3) is 0 Å². The van der Waals surface area contributed by atoms with Crippen LogP contribution in [0.25, 0.3) is 0 Å². The molecular weight excluding hydrogens is 260 g/mol. The van der Waals surface area contributed by atoms with E-state index in [0.29, 0.717) is 0 Å². The second kappa shape index (κ2) is 6.90. The van der Waals surface area contributed by atoms with Crippen molar-refractivity contribution in [3.8, 4) is 0 Å². The molecule has 0 spiro atoms. The maximum atomic E-state index is 12.3. The summed E-state index contributed by atoms with van der Waals surface area (Å²) in [6.07, 6.45) is 7.81. The largest absolute Gasteiger partial charge is 0.369 e. The number of allylic oxidation sites excluding steroid dienone is 2. The van der Waals surface area contributed by atoms with Gasteiger partial charge in [-0.05, 0) is 51.9 Å². The quantitative estimate of drug-likeness (QED) is 0.817. The van der Waals surface area contributed by atoms with Gasteiger partial charge in [0.2, 0.25) is 5.91 Å². The second-order valence-electron chi connectivity index (χ2n) is 6.30. The number of primary amides is 1. The van der Waals surface area contributed by atoms with Gasteiger partial charge < -0.3 is 10.6 Å². The third kappa shape index (κ3) is 3.53. The Kier molecular flexibility index (Phi) is 5.18. The minimum Gasteiger partial charge on any atom is -0.369 e. The lowest BCUT2D eigenvalue weighted by Crippen LogP contribution is -2.43. The summed E-state index contributed by atoms with van der Waals surface area (Å²) in [5.41, 5.74) is 6.65. The molecule has 21 heavy (non-hydrogen) atoms. The highest BCUT2D eigenvalue weighted by Crippen LogP contribution is 2.47. The molecule has 1 aliphatic carbocycles. The summed E-state index contributed by atoms with van der Waals surface area (Å²) in [5.74, 6) is 0.0443. The van der Waals surface area contributed by atoms with Crippen molar-refractivity contribution in [2.75, 3.05) is 20.6 Å². The monoisotopic (exact) mass is 286 g/mol. The average molecular weight is 286 g/mol. The normalized spacial score (nSPS) is 25.2. The summed E-state index contributed by atoms with van der Waals surface area (Å²) in [6, 6.07) is 10.3.